The van der Waals surface area contributed by atoms with E-state index in [1.807, 2.05) is 0 Å². The number of halogens is 4. The first kappa shape index (κ1) is 11.2. The van der Waals surface area contributed by atoms with Crippen LogP contribution in [0.2, 0.25) is 0 Å². The van der Waals surface area contributed by atoms with Crippen LogP contribution in [0.1, 0.15) is 12.0 Å². The van der Waals surface area contributed by atoms with Crippen LogP contribution in [0.25, 0.3) is 0 Å². The van der Waals surface area contributed by atoms with Gasteiger partial charge >= 0.3 is 0 Å². The van der Waals surface area contributed by atoms with Crippen molar-refractivity contribution >= 4 is 0 Å². The van der Waals surface area contributed by atoms with E-state index in [-0.39, 0.29) is 5.75 Å². The van der Waals surface area contributed by atoms with Gasteiger partial charge in [0.1, 0.15) is 22.9 Å². The van der Waals surface area contributed by atoms with Gasteiger partial charge in [0.05, 0.1) is 12.7 Å². The van der Waals surface area contributed by atoms with Crippen LogP contribution in [0, 0.1) is 11.6 Å². The van der Waals surface area contributed by atoms with Crippen molar-refractivity contribution in [2.24, 2.45) is 5.73 Å². The summed E-state index contributed by atoms with van der Waals surface area (Å²) in [4.78, 5) is 0. The first-order chi connectivity index (χ1) is 7.32. The Hall–Kier alpha value is -1.30. The molecule has 0 saturated heterocycles. The highest BCUT2D eigenvalue weighted by molar-refractivity contribution is 5.47. The van der Waals surface area contributed by atoms with Crippen molar-refractivity contribution in [1.82, 2.24) is 0 Å². The zero-order valence-electron chi connectivity index (χ0n) is 8.36. The zero-order chi connectivity index (χ0) is 12.1. The Balaban J connectivity index is 2.57. The Morgan fingerprint density at radius 1 is 1.31 bits per heavy atom. The molecule has 2 nitrogen and oxygen atoms in total. The Kier molecular flexibility index (Phi) is 2.17. The monoisotopic (exact) mass is 235 g/mol. The SMILES string of the molecule is COc1cc(F)cc(F)c1C1(N)CC1(F)F. The molecule has 1 unspecified atom stereocenters. The van der Waals surface area contributed by atoms with Crippen molar-refractivity contribution < 1.29 is 22.3 Å². The van der Waals surface area contributed by atoms with Gasteiger partial charge in [0.25, 0.3) is 5.92 Å². The van der Waals surface area contributed by atoms with Crippen LogP contribution in [0.5, 0.6) is 5.75 Å². The maximum atomic E-state index is 13.4. The lowest BCUT2D eigenvalue weighted by atomic mass is 10.0. The molecule has 1 saturated carbocycles. The van der Waals surface area contributed by atoms with Gasteiger partial charge < -0.3 is 10.5 Å². The fourth-order valence-electron chi connectivity index (χ4n) is 1.72. The third kappa shape index (κ3) is 1.36. The zero-order valence-corrected chi connectivity index (χ0v) is 8.36. The number of hydrogen-bond acceptors (Lipinski definition) is 2. The molecule has 0 aliphatic heterocycles. The molecule has 2 rings (SSSR count). The molecular formula is C10H9F4NO. The number of nitrogens with two attached hydrogens (primary N) is 1. The molecule has 2 N–H and O–H groups in total. The van der Waals surface area contributed by atoms with Gasteiger partial charge in [-0.15, -0.1) is 0 Å². The summed E-state index contributed by atoms with van der Waals surface area (Å²) in [6.45, 7) is 0. The first-order valence-corrected chi connectivity index (χ1v) is 4.52. The minimum atomic E-state index is -3.18. The van der Waals surface area contributed by atoms with Crippen LogP contribution in [0.15, 0.2) is 12.1 Å². The molecule has 88 valence electrons. The molecule has 1 atom stereocenters. The molecule has 1 aromatic rings. The summed E-state index contributed by atoms with van der Waals surface area (Å²) in [6, 6.07) is 1.35. The second-order valence-electron chi connectivity index (χ2n) is 3.82. The number of hydrogen-bond donors (Lipinski definition) is 1. The normalized spacial score (nSPS) is 26.6. The van der Waals surface area contributed by atoms with E-state index < -0.39 is 35.1 Å². The summed E-state index contributed by atoms with van der Waals surface area (Å²) < 4.78 is 57.0. The highest BCUT2D eigenvalue weighted by Gasteiger charge is 2.71. The average Bonchev–Trinajstić information content (AvgIpc) is 2.64. The molecule has 0 bridgehead atoms. The highest BCUT2D eigenvalue weighted by Crippen LogP contribution is 2.59. The average molecular weight is 235 g/mol. The largest absolute Gasteiger partial charge is 0.496 e. The Bertz CT molecular complexity index is 449. The molecule has 0 amide bonds. The van der Waals surface area contributed by atoms with Gasteiger partial charge in [-0.2, -0.15) is 0 Å². The third-order valence-corrected chi connectivity index (χ3v) is 2.71. The molecule has 1 fully saturated rings. The van der Waals surface area contributed by atoms with Crippen molar-refractivity contribution in [3.63, 3.8) is 0 Å². The lowest BCUT2D eigenvalue weighted by Gasteiger charge is -2.16. The number of ether oxygens (including phenoxy) is 1. The van der Waals surface area contributed by atoms with E-state index in [4.69, 9.17) is 5.73 Å². The second-order valence-corrected chi connectivity index (χ2v) is 3.82. The minimum Gasteiger partial charge on any atom is -0.496 e. The van der Waals surface area contributed by atoms with E-state index in [9.17, 15) is 17.6 Å². The maximum Gasteiger partial charge on any atom is 0.272 e. The van der Waals surface area contributed by atoms with Gasteiger partial charge in [-0.1, -0.05) is 0 Å². The number of methoxy groups -OCH3 is 1. The van der Waals surface area contributed by atoms with Gasteiger partial charge in [-0.3, -0.25) is 0 Å². The summed E-state index contributed by atoms with van der Waals surface area (Å²) in [7, 11) is 1.14. The van der Waals surface area contributed by atoms with Crippen LogP contribution in [-0.2, 0) is 5.54 Å². The Labute approximate surface area is 89.0 Å². The first-order valence-electron chi connectivity index (χ1n) is 4.52. The molecule has 1 aliphatic carbocycles. The molecule has 0 radical (unpaired) electrons. The van der Waals surface area contributed by atoms with Crippen LogP contribution in [0.4, 0.5) is 17.6 Å². The van der Waals surface area contributed by atoms with Crippen LogP contribution in [0.3, 0.4) is 0 Å². The lowest BCUT2D eigenvalue weighted by Crippen LogP contribution is -2.29. The van der Waals surface area contributed by atoms with E-state index in [1.54, 1.807) is 0 Å². The van der Waals surface area contributed by atoms with E-state index >= 15 is 0 Å². The third-order valence-electron chi connectivity index (χ3n) is 2.71. The maximum absolute atomic E-state index is 13.4. The smallest absolute Gasteiger partial charge is 0.272 e. The minimum absolute atomic E-state index is 0.294. The summed E-state index contributed by atoms with van der Waals surface area (Å²) in [5, 5.41) is 0. The van der Waals surface area contributed by atoms with Crippen molar-refractivity contribution in [2.45, 2.75) is 17.9 Å². The molecular weight excluding hydrogens is 226 g/mol. The fraction of sp³-hybridized carbons (Fsp3) is 0.400. The molecule has 0 heterocycles. The molecule has 6 heteroatoms. The van der Waals surface area contributed by atoms with Crippen molar-refractivity contribution in [2.75, 3.05) is 7.11 Å². The van der Waals surface area contributed by atoms with Gasteiger partial charge in [-0.05, 0) is 0 Å². The highest BCUT2D eigenvalue weighted by atomic mass is 19.3. The Morgan fingerprint density at radius 3 is 2.31 bits per heavy atom. The summed E-state index contributed by atoms with van der Waals surface area (Å²) in [5.41, 5.74) is 2.82. The van der Waals surface area contributed by atoms with E-state index in [1.165, 1.54) is 0 Å². The Morgan fingerprint density at radius 2 is 1.88 bits per heavy atom. The van der Waals surface area contributed by atoms with Gasteiger partial charge in [0, 0.05) is 18.6 Å². The fourth-order valence-corrected chi connectivity index (χ4v) is 1.72. The number of benzene rings is 1. The van der Waals surface area contributed by atoms with Gasteiger partial charge in [0.2, 0.25) is 0 Å². The van der Waals surface area contributed by atoms with Gasteiger partial charge in [-0.25, -0.2) is 17.6 Å². The topological polar surface area (TPSA) is 35.2 Å². The van der Waals surface area contributed by atoms with E-state index in [2.05, 4.69) is 4.74 Å². The van der Waals surface area contributed by atoms with E-state index in [0.717, 1.165) is 13.2 Å². The molecule has 0 aromatic heterocycles. The van der Waals surface area contributed by atoms with Crippen LogP contribution in [-0.4, -0.2) is 13.0 Å². The second kappa shape index (κ2) is 3.10. The van der Waals surface area contributed by atoms with Crippen LogP contribution < -0.4 is 10.5 Å². The summed E-state index contributed by atoms with van der Waals surface area (Å²) in [6.07, 6.45) is -0.668. The lowest BCUT2D eigenvalue weighted by molar-refractivity contribution is 0.0873. The van der Waals surface area contributed by atoms with Crippen LogP contribution >= 0.6 is 0 Å². The molecule has 16 heavy (non-hydrogen) atoms. The number of rotatable bonds is 2. The molecule has 1 aromatic carbocycles. The van der Waals surface area contributed by atoms with Crippen molar-refractivity contribution in [1.29, 1.82) is 0 Å². The quantitative estimate of drug-likeness (QED) is 0.797. The van der Waals surface area contributed by atoms with Gasteiger partial charge in [0.15, 0.2) is 0 Å². The predicted molar refractivity (Wildman–Crippen MR) is 48.3 cm³/mol. The standard InChI is InChI=1S/C10H9F4NO/c1-16-7-3-5(11)2-6(12)8(7)9(15)4-10(9,13)14/h2-3H,4,15H2,1H3. The molecule has 1 aliphatic rings. The molecule has 0 spiro atoms. The van der Waals surface area contributed by atoms with E-state index in [0.29, 0.717) is 6.07 Å². The number of alkyl halides is 2. The van der Waals surface area contributed by atoms with Crippen molar-refractivity contribution in [3.8, 4) is 5.75 Å². The predicted octanol–water partition coefficient (Wildman–Crippen LogP) is 2.17. The summed E-state index contributed by atoms with van der Waals surface area (Å²) >= 11 is 0. The summed E-state index contributed by atoms with van der Waals surface area (Å²) in [5.74, 6) is -5.49. The van der Waals surface area contributed by atoms with Crippen molar-refractivity contribution in [3.05, 3.63) is 29.3 Å².